The largest absolute Gasteiger partial charge is 0.365 e. The van der Waals surface area contributed by atoms with E-state index < -0.39 is 0 Å². The minimum absolute atomic E-state index is 0.0619. The van der Waals surface area contributed by atoms with Gasteiger partial charge in [-0.05, 0) is 25.2 Å². The highest BCUT2D eigenvalue weighted by Crippen LogP contribution is 2.22. The normalized spacial score (nSPS) is 11.6. The average Bonchev–Trinajstić information content (AvgIpc) is 2.35. The maximum atomic E-state index is 11.9. The lowest BCUT2D eigenvalue weighted by Gasteiger charge is -2.24. The lowest BCUT2D eigenvalue weighted by Crippen LogP contribution is -2.29. The van der Waals surface area contributed by atoms with E-state index in [1.54, 1.807) is 17.0 Å². The van der Waals surface area contributed by atoms with E-state index in [9.17, 15) is 4.79 Å². The van der Waals surface area contributed by atoms with Gasteiger partial charge in [-0.1, -0.05) is 13.8 Å². The molecule has 0 fully saturated rings. The van der Waals surface area contributed by atoms with Crippen LogP contribution in [-0.4, -0.2) is 22.0 Å². The lowest BCUT2D eigenvalue weighted by molar-refractivity contribution is 0.355. The zero-order chi connectivity index (χ0) is 13.6. The minimum Gasteiger partial charge on any atom is -0.365 e. The van der Waals surface area contributed by atoms with E-state index in [0.717, 1.165) is 19.4 Å². The molecule has 0 aromatic carbocycles. The molecule has 5 heteroatoms. The van der Waals surface area contributed by atoms with Gasteiger partial charge in [-0.3, -0.25) is 4.79 Å². The average molecular weight is 272 g/mol. The van der Waals surface area contributed by atoms with Crippen molar-refractivity contribution in [2.24, 2.45) is 5.41 Å². The second kappa shape index (κ2) is 6.78. The monoisotopic (exact) mass is 271 g/mol. The SMILES string of the molecule is CCn1ccnc(NCC(C)(C)CCCCl)c1=O. The van der Waals surface area contributed by atoms with Crippen LogP contribution in [0, 0.1) is 5.41 Å². The highest BCUT2D eigenvalue weighted by Gasteiger charge is 2.18. The van der Waals surface area contributed by atoms with Crippen LogP contribution >= 0.6 is 11.6 Å². The molecular weight excluding hydrogens is 250 g/mol. The van der Waals surface area contributed by atoms with Crippen molar-refractivity contribution >= 4 is 17.4 Å². The van der Waals surface area contributed by atoms with Crippen LogP contribution in [0.3, 0.4) is 0 Å². The molecule has 1 aromatic rings. The van der Waals surface area contributed by atoms with Crippen LogP contribution in [0.4, 0.5) is 5.82 Å². The Hall–Kier alpha value is -1.03. The van der Waals surface area contributed by atoms with Gasteiger partial charge >= 0.3 is 0 Å². The van der Waals surface area contributed by atoms with E-state index in [4.69, 9.17) is 11.6 Å². The molecule has 1 rings (SSSR count). The summed E-state index contributed by atoms with van der Waals surface area (Å²) in [5.41, 5.74) is 0.0451. The third-order valence-electron chi connectivity index (χ3n) is 2.98. The maximum absolute atomic E-state index is 11.9. The standard InChI is InChI=1S/C13H22ClN3O/c1-4-17-9-8-15-11(12(17)18)16-10-13(2,3)6-5-7-14/h8-9H,4-7,10H2,1-3H3,(H,15,16). The van der Waals surface area contributed by atoms with E-state index in [-0.39, 0.29) is 11.0 Å². The summed E-state index contributed by atoms with van der Waals surface area (Å²) in [6, 6.07) is 0. The second-order valence-electron chi connectivity index (χ2n) is 5.18. The lowest BCUT2D eigenvalue weighted by atomic mass is 9.88. The Morgan fingerprint density at radius 3 is 2.83 bits per heavy atom. The van der Waals surface area contributed by atoms with Crippen molar-refractivity contribution in [2.45, 2.75) is 40.2 Å². The Kier molecular flexibility index (Phi) is 5.66. The van der Waals surface area contributed by atoms with Gasteiger partial charge in [0.15, 0.2) is 5.82 Å². The first-order chi connectivity index (χ1) is 8.50. The van der Waals surface area contributed by atoms with Gasteiger partial charge in [0, 0.05) is 31.4 Å². The number of nitrogens with one attached hydrogen (secondary N) is 1. The van der Waals surface area contributed by atoms with Crippen molar-refractivity contribution in [1.82, 2.24) is 9.55 Å². The fourth-order valence-electron chi connectivity index (χ4n) is 1.77. The number of anilines is 1. The van der Waals surface area contributed by atoms with Crippen LogP contribution in [0.5, 0.6) is 0 Å². The summed E-state index contributed by atoms with van der Waals surface area (Å²) in [6.07, 6.45) is 5.36. The van der Waals surface area contributed by atoms with E-state index >= 15 is 0 Å². The number of rotatable bonds is 7. The summed E-state index contributed by atoms with van der Waals surface area (Å²) in [5, 5.41) is 3.15. The Bertz CT molecular complexity index is 428. The van der Waals surface area contributed by atoms with Gasteiger partial charge in [0.2, 0.25) is 0 Å². The molecule has 0 aliphatic heterocycles. The summed E-state index contributed by atoms with van der Waals surface area (Å²) >= 11 is 5.70. The molecular formula is C13H22ClN3O. The molecule has 0 atom stereocenters. The van der Waals surface area contributed by atoms with Gasteiger partial charge in [-0.15, -0.1) is 11.6 Å². The molecule has 0 saturated heterocycles. The zero-order valence-corrected chi connectivity index (χ0v) is 12.1. The molecule has 0 aliphatic rings. The predicted octanol–water partition coefficient (Wildman–Crippen LogP) is 2.72. The highest BCUT2D eigenvalue weighted by atomic mass is 35.5. The van der Waals surface area contributed by atoms with Crippen molar-refractivity contribution in [3.63, 3.8) is 0 Å². The van der Waals surface area contributed by atoms with Gasteiger partial charge in [0.05, 0.1) is 0 Å². The molecule has 0 aliphatic carbocycles. The fraction of sp³-hybridized carbons (Fsp3) is 0.692. The van der Waals surface area contributed by atoms with Crippen LogP contribution in [0.1, 0.15) is 33.6 Å². The topological polar surface area (TPSA) is 46.9 Å². The van der Waals surface area contributed by atoms with Crippen LogP contribution in [-0.2, 0) is 6.54 Å². The Labute approximate surface area is 113 Å². The first-order valence-corrected chi connectivity index (χ1v) is 6.89. The van der Waals surface area contributed by atoms with Crippen LogP contribution in [0.15, 0.2) is 17.2 Å². The van der Waals surface area contributed by atoms with E-state index in [0.29, 0.717) is 18.2 Å². The van der Waals surface area contributed by atoms with Crippen molar-refractivity contribution < 1.29 is 0 Å². The van der Waals surface area contributed by atoms with E-state index in [1.807, 2.05) is 6.92 Å². The molecule has 1 heterocycles. The summed E-state index contributed by atoms with van der Waals surface area (Å²) in [4.78, 5) is 16.0. The first kappa shape index (κ1) is 15.0. The molecule has 1 N–H and O–H groups in total. The van der Waals surface area contributed by atoms with E-state index in [2.05, 4.69) is 24.1 Å². The second-order valence-corrected chi connectivity index (χ2v) is 5.56. The molecule has 4 nitrogen and oxygen atoms in total. The zero-order valence-electron chi connectivity index (χ0n) is 11.4. The Morgan fingerprint density at radius 1 is 1.50 bits per heavy atom. The molecule has 0 amide bonds. The molecule has 1 aromatic heterocycles. The summed E-state index contributed by atoms with van der Waals surface area (Å²) in [5.74, 6) is 1.11. The van der Waals surface area contributed by atoms with Crippen LogP contribution in [0.25, 0.3) is 0 Å². The number of hydrogen-bond acceptors (Lipinski definition) is 3. The number of hydrogen-bond donors (Lipinski definition) is 1. The molecule has 0 spiro atoms. The van der Waals surface area contributed by atoms with Gasteiger partial charge in [0.1, 0.15) is 0 Å². The third kappa shape index (κ3) is 4.33. The quantitative estimate of drug-likeness (QED) is 0.776. The smallest absolute Gasteiger partial charge is 0.293 e. The van der Waals surface area contributed by atoms with Crippen molar-refractivity contribution in [3.8, 4) is 0 Å². The predicted molar refractivity (Wildman–Crippen MR) is 76.4 cm³/mol. The number of alkyl halides is 1. The summed E-state index contributed by atoms with van der Waals surface area (Å²) in [7, 11) is 0. The third-order valence-corrected chi connectivity index (χ3v) is 3.24. The van der Waals surface area contributed by atoms with Crippen molar-refractivity contribution in [2.75, 3.05) is 17.7 Å². The summed E-state index contributed by atoms with van der Waals surface area (Å²) in [6.45, 7) is 7.64. The fourth-order valence-corrected chi connectivity index (χ4v) is 1.91. The molecule has 0 unspecified atom stereocenters. The summed E-state index contributed by atoms with van der Waals surface area (Å²) < 4.78 is 1.64. The van der Waals surface area contributed by atoms with Gasteiger partial charge in [-0.2, -0.15) is 0 Å². The maximum Gasteiger partial charge on any atom is 0.293 e. The Balaban J connectivity index is 2.66. The Morgan fingerprint density at radius 2 is 2.22 bits per heavy atom. The van der Waals surface area contributed by atoms with Crippen molar-refractivity contribution in [3.05, 3.63) is 22.7 Å². The van der Waals surface area contributed by atoms with Gasteiger partial charge in [-0.25, -0.2) is 4.98 Å². The van der Waals surface area contributed by atoms with Gasteiger partial charge < -0.3 is 9.88 Å². The number of nitrogens with zero attached hydrogens (tertiary/aromatic N) is 2. The number of halogens is 1. The molecule has 0 bridgehead atoms. The first-order valence-electron chi connectivity index (χ1n) is 6.35. The molecule has 18 heavy (non-hydrogen) atoms. The van der Waals surface area contributed by atoms with Gasteiger partial charge in [0.25, 0.3) is 5.56 Å². The van der Waals surface area contributed by atoms with Crippen LogP contribution < -0.4 is 10.9 Å². The van der Waals surface area contributed by atoms with E-state index in [1.165, 1.54) is 0 Å². The number of aromatic nitrogens is 2. The highest BCUT2D eigenvalue weighted by molar-refractivity contribution is 6.17. The molecule has 0 radical (unpaired) electrons. The molecule has 102 valence electrons. The molecule has 0 saturated carbocycles. The minimum atomic E-state index is -0.0619. The number of aryl methyl sites for hydroxylation is 1. The van der Waals surface area contributed by atoms with Crippen molar-refractivity contribution in [1.29, 1.82) is 0 Å². The van der Waals surface area contributed by atoms with Crippen LogP contribution in [0.2, 0.25) is 0 Å².